The van der Waals surface area contributed by atoms with Crippen molar-refractivity contribution < 1.29 is 14.3 Å². The van der Waals surface area contributed by atoms with E-state index in [1.807, 2.05) is 66.2 Å². The lowest BCUT2D eigenvalue weighted by molar-refractivity contribution is -0.150. The number of hydrogen-bond acceptors (Lipinski definition) is 4. The Morgan fingerprint density at radius 1 is 1.06 bits per heavy atom. The largest absolute Gasteiger partial charge is 0.496 e. The number of likely N-dealkylation sites (N-methyl/N-ethyl adjacent to an activating group) is 1. The van der Waals surface area contributed by atoms with Crippen molar-refractivity contribution in [3.8, 4) is 16.9 Å². The summed E-state index contributed by atoms with van der Waals surface area (Å²) >= 11 is 0. The molecule has 1 fully saturated rings. The highest BCUT2D eigenvalue weighted by Crippen LogP contribution is 2.33. The van der Waals surface area contributed by atoms with Crippen molar-refractivity contribution in [2.75, 3.05) is 27.2 Å². The van der Waals surface area contributed by atoms with Gasteiger partial charge in [0.2, 0.25) is 11.8 Å². The molecule has 0 aliphatic carbocycles. The lowest BCUT2D eigenvalue weighted by Gasteiger charge is -2.39. The molecule has 7 nitrogen and oxygen atoms in total. The summed E-state index contributed by atoms with van der Waals surface area (Å²) in [5, 5.41) is 4.27. The highest BCUT2D eigenvalue weighted by atomic mass is 16.5. The minimum Gasteiger partial charge on any atom is -0.496 e. The second-order valence-corrected chi connectivity index (χ2v) is 8.37. The lowest BCUT2D eigenvalue weighted by Crippen LogP contribution is -2.58. The van der Waals surface area contributed by atoms with Gasteiger partial charge in [-0.25, -0.2) is 0 Å². The topological polar surface area (TPSA) is 67.7 Å². The number of hydrogen-bond donors (Lipinski definition) is 0. The van der Waals surface area contributed by atoms with Gasteiger partial charge in [-0.3, -0.25) is 14.3 Å². The Bertz CT molecular complexity index is 1140. The van der Waals surface area contributed by atoms with Gasteiger partial charge >= 0.3 is 0 Å². The van der Waals surface area contributed by atoms with Gasteiger partial charge in [0.15, 0.2) is 0 Å². The Kier molecular flexibility index (Phi) is 6.77. The number of amides is 2. The first-order valence-electron chi connectivity index (χ1n) is 11.2. The van der Waals surface area contributed by atoms with E-state index in [1.54, 1.807) is 30.2 Å². The van der Waals surface area contributed by atoms with Crippen LogP contribution in [-0.2, 0) is 22.6 Å². The summed E-state index contributed by atoms with van der Waals surface area (Å²) in [4.78, 5) is 29.9. The summed E-state index contributed by atoms with van der Waals surface area (Å²) in [6.45, 7) is 3.54. The van der Waals surface area contributed by atoms with Crippen molar-refractivity contribution in [2.24, 2.45) is 0 Å². The molecule has 1 aliphatic heterocycles. The zero-order valence-electron chi connectivity index (χ0n) is 19.4. The van der Waals surface area contributed by atoms with Crippen molar-refractivity contribution in [3.05, 3.63) is 72.1 Å². The van der Waals surface area contributed by atoms with Gasteiger partial charge in [-0.2, -0.15) is 5.10 Å². The summed E-state index contributed by atoms with van der Waals surface area (Å²) in [5.41, 5.74) is 4.01. The van der Waals surface area contributed by atoms with Crippen LogP contribution in [0.25, 0.3) is 11.1 Å². The number of carbonyl (C=O) groups excluding carboxylic acids is 2. The van der Waals surface area contributed by atoms with Crippen molar-refractivity contribution in [1.82, 2.24) is 19.6 Å². The van der Waals surface area contributed by atoms with E-state index in [0.717, 1.165) is 28.1 Å². The summed E-state index contributed by atoms with van der Waals surface area (Å²) in [7, 11) is 3.46. The van der Waals surface area contributed by atoms with Gasteiger partial charge in [-0.1, -0.05) is 42.5 Å². The van der Waals surface area contributed by atoms with Crippen LogP contribution in [0, 0.1) is 6.92 Å². The first kappa shape index (κ1) is 22.6. The fourth-order valence-electron chi connectivity index (χ4n) is 4.42. The van der Waals surface area contributed by atoms with Crippen molar-refractivity contribution in [3.63, 3.8) is 0 Å². The standard InChI is InChI=1S/C26H30N4O3/c1-19-12-14-27-30(19)15-13-25(31)29-17-16-28(2)26(32)23(29)18-20-8-4-5-9-21(20)22-10-6-7-11-24(22)33-3/h4-12,14,23H,13,15-18H2,1-3H3. The molecule has 1 unspecified atom stereocenters. The molecule has 0 saturated carbocycles. The zero-order chi connectivity index (χ0) is 23.4. The molecule has 1 atom stereocenters. The first-order valence-corrected chi connectivity index (χ1v) is 11.2. The summed E-state index contributed by atoms with van der Waals surface area (Å²) in [5.74, 6) is 0.727. The number of nitrogens with zero attached hydrogens (tertiary/aromatic N) is 4. The highest BCUT2D eigenvalue weighted by Gasteiger charge is 2.36. The molecular formula is C26H30N4O3. The Morgan fingerprint density at radius 3 is 2.52 bits per heavy atom. The third-order valence-electron chi connectivity index (χ3n) is 6.33. The van der Waals surface area contributed by atoms with Gasteiger partial charge in [0.1, 0.15) is 11.8 Å². The molecule has 1 aromatic heterocycles. The van der Waals surface area contributed by atoms with E-state index >= 15 is 0 Å². The molecule has 0 spiro atoms. The molecular weight excluding hydrogens is 416 g/mol. The molecule has 0 bridgehead atoms. The first-order chi connectivity index (χ1) is 16.0. The third kappa shape index (κ3) is 4.77. The highest BCUT2D eigenvalue weighted by molar-refractivity contribution is 5.89. The van der Waals surface area contributed by atoms with Crippen LogP contribution in [0.15, 0.2) is 60.8 Å². The van der Waals surface area contributed by atoms with Crippen molar-refractivity contribution in [1.29, 1.82) is 0 Å². The van der Waals surface area contributed by atoms with E-state index in [9.17, 15) is 9.59 Å². The van der Waals surface area contributed by atoms with Gasteiger partial charge in [0.25, 0.3) is 0 Å². The monoisotopic (exact) mass is 446 g/mol. The molecule has 172 valence electrons. The molecule has 1 aliphatic rings. The van der Waals surface area contributed by atoms with Crippen LogP contribution in [-0.4, -0.2) is 64.7 Å². The molecule has 1 saturated heterocycles. The van der Waals surface area contributed by atoms with Gasteiger partial charge < -0.3 is 14.5 Å². The average Bonchev–Trinajstić information content (AvgIpc) is 3.25. The second kappa shape index (κ2) is 9.90. The normalized spacial score (nSPS) is 16.2. The molecule has 7 heteroatoms. The second-order valence-electron chi connectivity index (χ2n) is 8.37. The number of methoxy groups -OCH3 is 1. The van der Waals surface area contributed by atoms with Crippen LogP contribution in [0.1, 0.15) is 17.7 Å². The van der Waals surface area contributed by atoms with Gasteiger partial charge in [-0.15, -0.1) is 0 Å². The maximum Gasteiger partial charge on any atom is 0.245 e. The molecule has 4 rings (SSSR count). The lowest BCUT2D eigenvalue weighted by atomic mass is 9.92. The third-order valence-corrected chi connectivity index (χ3v) is 6.33. The number of rotatable bonds is 7. The van der Waals surface area contributed by atoms with Crippen LogP contribution >= 0.6 is 0 Å². The number of para-hydroxylation sites is 1. The SMILES string of the molecule is COc1ccccc1-c1ccccc1CC1C(=O)N(C)CCN1C(=O)CCn1nccc1C. The molecule has 2 heterocycles. The van der Waals surface area contributed by atoms with E-state index in [0.29, 0.717) is 32.5 Å². The molecule has 0 N–H and O–H groups in total. The van der Waals surface area contributed by atoms with Gasteiger partial charge in [-0.05, 0) is 30.2 Å². The smallest absolute Gasteiger partial charge is 0.245 e. The number of piperazine rings is 1. The van der Waals surface area contributed by atoms with E-state index < -0.39 is 6.04 Å². The summed E-state index contributed by atoms with van der Waals surface area (Å²) < 4.78 is 7.39. The predicted octanol–water partition coefficient (Wildman–Crippen LogP) is 3.17. The van der Waals surface area contributed by atoms with Gasteiger partial charge in [0.05, 0.1) is 7.11 Å². The maximum atomic E-state index is 13.2. The van der Waals surface area contributed by atoms with Crippen LogP contribution < -0.4 is 4.74 Å². The van der Waals surface area contributed by atoms with E-state index in [2.05, 4.69) is 5.10 Å². The van der Waals surface area contributed by atoms with Crippen molar-refractivity contribution >= 4 is 11.8 Å². The van der Waals surface area contributed by atoms with Crippen LogP contribution in [0.4, 0.5) is 0 Å². The molecule has 0 radical (unpaired) electrons. The molecule has 33 heavy (non-hydrogen) atoms. The Labute approximate surface area is 194 Å². The van der Waals surface area contributed by atoms with Crippen LogP contribution in [0.5, 0.6) is 5.75 Å². The number of benzene rings is 2. The number of carbonyl (C=O) groups is 2. The van der Waals surface area contributed by atoms with E-state index in [-0.39, 0.29) is 11.8 Å². The van der Waals surface area contributed by atoms with Gasteiger partial charge in [0, 0.05) is 57.0 Å². The number of aryl methyl sites for hydroxylation is 2. The van der Waals surface area contributed by atoms with Crippen LogP contribution in [0.3, 0.4) is 0 Å². The number of ether oxygens (including phenoxy) is 1. The van der Waals surface area contributed by atoms with Crippen molar-refractivity contribution in [2.45, 2.75) is 32.4 Å². The minimum absolute atomic E-state index is 0.0221. The number of aromatic nitrogens is 2. The Balaban J connectivity index is 1.60. The average molecular weight is 447 g/mol. The summed E-state index contributed by atoms with van der Waals surface area (Å²) in [6.07, 6.45) is 2.49. The summed E-state index contributed by atoms with van der Waals surface area (Å²) in [6, 6.07) is 17.3. The molecule has 2 aromatic carbocycles. The maximum absolute atomic E-state index is 13.2. The fraction of sp³-hybridized carbons (Fsp3) is 0.346. The fourth-order valence-corrected chi connectivity index (χ4v) is 4.42. The zero-order valence-corrected chi connectivity index (χ0v) is 19.4. The molecule has 3 aromatic rings. The minimum atomic E-state index is -0.536. The Morgan fingerprint density at radius 2 is 1.79 bits per heavy atom. The quantitative estimate of drug-likeness (QED) is 0.559. The van der Waals surface area contributed by atoms with E-state index in [1.165, 1.54) is 0 Å². The Hall–Kier alpha value is -3.61. The van der Waals surface area contributed by atoms with Crippen LogP contribution in [0.2, 0.25) is 0 Å². The van der Waals surface area contributed by atoms with E-state index in [4.69, 9.17) is 4.74 Å². The molecule has 2 amide bonds. The predicted molar refractivity (Wildman–Crippen MR) is 127 cm³/mol.